The van der Waals surface area contributed by atoms with Crippen molar-refractivity contribution in [1.29, 1.82) is 0 Å². The number of hydrogen-bond acceptors (Lipinski definition) is 5. The molecule has 1 aromatic heterocycles. The van der Waals surface area contributed by atoms with Gasteiger partial charge in [-0.3, -0.25) is 19.1 Å². The fourth-order valence-corrected chi connectivity index (χ4v) is 2.98. The first-order chi connectivity index (χ1) is 10.5. The monoisotopic (exact) mass is 307 g/mol. The van der Waals surface area contributed by atoms with Crippen LogP contribution >= 0.6 is 0 Å². The van der Waals surface area contributed by atoms with Gasteiger partial charge >= 0.3 is 11.8 Å². The van der Waals surface area contributed by atoms with Gasteiger partial charge in [0.15, 0.2) is 0 Å². The topological polar surface area (TPSA) is 106 Å². The zero-order valence-electron chi connectivity index (χ0n) is 12.3. The number of rotatable bonds is 2. The molecule has 0 saturated carbocycles. The number of aromatic nitrogens is 2. The maximum Gasteiger partial charge on any atom is 0.314 e. The molecule has 22 heavy (non-hydrogen) atoms. The van der Waals surface area contributed by atoms with E-state index in [4.69, 9.17) is 4.74 Å². The Hall–Kier alpha value is -2.58. The summed E-state index contributed by atoms with van der Waals surface area (Å²) in [4.78, 5) is 37.7. The fourth-order valence-electron chi connectivity index (χ4n) is 2.98. The molecule has 3 rings (SSSR count). The van der Waals surface area contributed by atoms with Gasteiger partial charge in [0.05, 0.1) is 19.3 Å². The summed E-state index contributed by atoms with van der Waals surface area (Å²) in [6, 6.07) is -0.662. The van der Waals surface area contributed by atoms with Crippen LogP contribution < -0.4 is 15.4 Å². The van der Waals surface area contributed by atoms with Crippen molar-refractivity contribution < 1.29 is 19.1 Å². The number of nitrogens with zero attached hydrogens (tertiary/aromatic N) is 3. The third-order valence-electron chi connectivity index (χ3n) is 3.98. The number of piperazine rings is 1. The lowest BCUT2D eigenvalue weighted by molar-refractivity contribution is -0.149. The molecule has 0 spiro atoms. The number of methoxy groups -OCH3 is 1. The molecule has 9 heteroatoms. The van der Waals surface area contributed by atoms with Crippen molar-refractivity contribution in [3.05, 3.63) is 6.20 Å². The number of nitrogens with one attached hydrogen (secondary N) is 2. The van der Waals surface area contributed by atoms with Gasteiger partial charge in [0, 0.05) is 13.6 Å². The lowest BCUT2D eigenvalue weighted by atomic mass is 10.2. The predicted molar refractivity (Wildman–Crippen MR) is 75.1 cm³/mol. The van der Waals surface area contributed by atoms with Crippen LogP contribution in [0.1, 0.15) is 12.8 Å². The van der Waals surface area contributed by atoms with Gasteiger partial charge in [0.1, 0.15) is 11.7 Å². The van der Waals surface area contributed by atoms with E-state index in [2.05, 4.69) is 15.7 Å². The smallest absolute Gasteiger partial charge is 0.314 e. The lowest BCUT2D eigenvalue weighted by Crippen LogP contribution is -2.59. The molecule has 1 aromatic rings. The second-order valence-corrected chi connectivity index (χ2v) is 5.38. The molecule has 2 aliphatic heterocycles. The highest BCUT2D eigenvalue weighted by molar-refractivity contribution is 6.40. The van der Waals surface area contributed by atoms with Crippen LogP contribution in [0.15, 0.2) is 6.20 Å². The molecule has 2 N–H and O–H groups in total. The number of fused-ring (bicyclic) bond motifs is 2. The average Bonchev–Trinajstić information content (AvgIpc) is 3.01. The summed E-state index contributed by atoms with van der Waals surface area (Å²) in [5, 5.41) is 9.23. The number of anilines is 1. The number of amides is 3. The van der Waals surface area contributed by atoms with Gasteiger partial charge in [-0.15, -0.1) is 5.10 Å². The Morgan fingerprint density at radius 1 is 1.45 bits per heavy atom. The number of hydrogen-bond donors (Lipinski definition) is 2. The number of aryl methyl sites for hydroxylation is 1. The molecule has 2 bridgehead atoms. The van der Waals surface area contributed by atoms with Crippen molar-refractivity contribution in [2.75, 3.05) is 19.0 Å². The van der Waals surface area contributed by atoms with Crippen LogP contribution in [0.25, 0.3) is 0 Å². The number of carbonyl (C=O) groups excluding carboxylic acids is 3. The molecule has 2 saturated heterocycles. The van der Waals surface area contributed by atoms with Crippen molar-refractivity contribution in [3.8, 4) is 5.88 Å². The molecule has 0 aromatic carbocycles. The van der Waals surface area contributed by atoms with Gasteiger partial charge in [-0.25, -0.2) is 0 Å². The largest absolute Gasteiger partial charge is 0.478 e. The standard InChI is InChI=1S/C13H17N5O4/c1-17-6-8(12(16-17)22-2)15-11(20)13(21)18-7-3-4-9(18)10(19)14-5-7/h6-7,9H,3-5H2,1-2H3,(H,14,19)(H,15,20). The Morgan fingerprint density at radius 3 is 2.95 bits per heavy atom. The molecule has 9 nitrogen and oxygen atoms in total. The minimum atomic E-state index is -0.794. The van der Waals surface area contributed by atoms with Crippen LogP contribution in [0.2, 0.25) is 0 Å². The first kappa shape index (κ1) is 14.4. The molecule has 2 atom stereocenters. The molecule has 2 fully saturated rings. The molecule has 0 radical (unpaired) electrons. The molecule has 3 heterocycles. The summed E-state index contributed by atoms with van der Waals surface area (Å²) < 4.78 is 6.50. The van der Waals surface area contributed by atoms with Crippen LogP contribution in [0.4, 0.5) is 5.69 Å². The molecule has 3 amide bonds. The lowest BCUT2D eigenvalue weighted by Gasteiger charge is -2.33. The third kappa shape index (κ3) is 2.28. The number of carbonyl (C=O) groups is 3. The summed E-state index contributed by atoms with van der Waals surface area (Å²) >= 11 is 0. The van der Waals surface area contributed by atoms with Crippen LogP contribution in [0.3, 0.4) is 0 Å². The van der Waals surface area contributed by atoms with Gasteiger partial charge < -0.3 is 20.3 Å². The first-order valence-corrected chi connectivity index (χ1v) is 7.00. The van der Waals surface area contributed by atoms with Gasteiger partial charge in [0.2, 0.25) is 5.91 Å². The Kier molecular flexibility index (Phi) is 3.47. The van der Waals surface area contributed by atoms with Crippen molar-refractivity contribution in [1.82, 2.24) is 20.0 Å². The van der Waals surface area contributed by atoms with Gasteiger partial charge in [-0.1, -0.05) is 0 Å². The predicted octanol–water partition coefficient (Wildman–Crippen LogP) is -1.14. The zero-order chi connectivity index (χ0) is 15.9. The molecule has 2 unspecified atom stereocenters. The van der Waals surface area contributed by atoms with E-state index in [1.165, 1.54) is 16.7 Å². The van der Waals surface area contributed by atoms with E-state index in [1.54, 1.807) is 13.2 Å². The summed E-state index contributed by atoms with van der Waals surface area (Å²) in [6.45, 7) is 0.393. The maximum absolute atomic E-state index is 12.4. The Balaban J connectivity index is 1.75. The van der Waals surface area contributed by atoms with Crippen LogP contribution in [0, 0.1) is 0 Å². The van der Waals surface area contributed by atoms with E-state index in [9.17, 15) is 14.4 Å². The summed E-state index contributed by atoms with van der Waals surface area (Å²) in [7, 11) is 3.10. The molecule has 0 aliphatic carbocycles. The number of ether oxygens (including phenoxy) is 1. The summed E-state index contributed by atoms with van der Waals surface area (Å²) in [5.74, 6) is -1.47. The molecule has 2 aliphatic rings. The molecule has 118 valence electrons. The van der Waals surface area contributed by atoms with Gasteiger partial charge in [-0.05, 0) is 12.8 Å². The Bertz CT molecular complexity index is 640. The molecular weight excluding hydrogens is 290 g/mol. The summed E-state index contributed by atoms with van der Waals surface area (Å²) in [5.41, 5.74) is 0.317. The Labute approximate surface area is 126 Å². The average molecular weight is 307 g/mol. The van der Waals surface area contributed by atoms with E-state index >= 15 is 0 Å². The van der Waals surface area contributed by atoms with E-state index in [0.717, 1.165) is 6.42 Å². The van der Waals surface area contributed by atoms with E-state index in [0.29, 0.717) is 18.7 Å². The summed E-state index contributed by atoms with van der Waals surface area (Å²) in [6.07, 6.45) is 2.85. The highest BCUT2D eigenvalue weighted by Gasteiger charge is 2.46. The van der Waals surface area contributed by atoms with Crippen LogP contribution in [-0.2, 0) is 21.4 Å². The van der Waals surface area contributed by atoms with Gasteiger partial charge in [0.25, 0.3) is 5.88 Å². The maximum atomic E-state index is 12.4. The third-order valence-corrected chi connectivity index (χ3v) is 3.98. The quantitative estimate of drug-likeness (QED) is 0.672. The normalized spacial score (nSPS) is 23.2. The van der Waals surface area contributed by atoms with Crippen molar-refractivity contribution in [2.24, 2.45) is 7.05 Å². The van der Waals surface area contributed by atoms with E-state index < -0.39 is 17.9 Å². The van der Waals surface area contributed by atoms with Crippen LogP contribution in [-0.4, -0.2) is 58.1 Å². The second-order valence-electron chi connectivity index (χ2n) is 5.38. The SMILES string of the molecule is COc1nn(C)cc1NC(=O)C(=O)N1C2CCC1C(=O)NC2. The minimum Gasteiger partial charge on any atom is -0.478 e. The van der Waals surface area contributed by atoms with Crippen molar-refractivity contribution in [3.63, 3.8) is 0 Å². The van der Waals surface area contributed by atoms with E-state index in [-0.39, 0.29) is 17.8 Å². The highest BCUT2D eigenvalue weighted by atomic mass is 16.5. The minimum absolute atomic E-state index is 0.114. The van der Waals surface area contributed by atoms with Gasteiger partial charge in [-0.2, -0.15) is 0 Å². The molecular formula is C13H17N5O4. The zero-order valence-corrected chi connectivity index (χ0v) is 12.3. The first-order valence-electron chi connectivity index (χ1n) is 7.00. The van der Waals surface area contributed by atoms with E-state index in [1.807, 2.05) is 0 Å². The van der Waals surface area contributed by atoms with Crippen molar-refractivity contribution >= 4 is 23.4 Å². The Morgan fingerprint density at radius 2 is 2.23 bits per heavy atom. The fraction of sp³-hybridized carbons (Fsp3) is 0.538. The van der Waals surface area contributed by atoms with Crippen LogP contribution in [0.5, 0.6) is 5.88 Å². The highest BCUT2D eigenvalue weighted by Crippen LogP contribution is 2.28. The van der Waals surface area contributed by atoms with Crippen molar-refractivity contribution in [2.45, 2.75) is 24.9 Å². The second kappa shape index (κ2) is 5.32.